The fourth-order valence-corrected chi connectivity index (χ4v) is 6.93. The third kappa shape index (κ3) is 6.31. The number of hydrogen-bond donors (Lipinski definition) is 0. The van der Waals surface area contributed by atoms with Crippen LogP contribution in [0.2, 0.25) is 0 Å². The second-order valence-corrected chi connectivity index (χ2v) is 13.7. The van der Waals surface area contributed by atoms with Crippen molar-refractivity contribution in [3.05, 3.63) is 82.7 Å². The molecule has 0 spiro atoms. The van der Waals surface area contributed by atoms with E-state index in [1.807, 2.05) is 35.9 Å². The second kappa shape index (κ2) is 11.8. The average molecular weight is 624 g/mol. The first-order valence-corrected chi connectivity index (χ1v) is 15.8. The molecule has 8 nitrogen and oxygen atoms in total. The summed E-state index contributed by atoms with van der Waals surface area (Å²) in [5.41, 5.74) is 0.549. The van der Waals surface area contributed by atoms with Gasteiger partial charge in [-0.15, -0.1) is 10.2 Å². The standard InChI is InChI=1S/C34H40F3N5O3/c1-33(2,3)45-32(44)41-15-7-12-24(18-41)25-17-27(34(35,36)37)28-14-13-26(31(43)42(28)19-25)22-10-6-11-23(16-22)29(21-8-5-9-21)30-39-38-20-40(30)4/h6,10-11,14,16-17,19-21,24,26,29H,5,7-9,12-13,15,18H2,1-4H3/t24?,26-,29-/m1/s1. The molecular formula is C34H40F3N5O3. The third-order valence-corrected chi connectivity index (χ3v) is 9.37. The molecule has 1 saturated heterocycles. The van der Waals surface area contributed by atoms with Gasteiger partial charge < -0.3 is 14.2 Å². The number of carbonyl (C=O) groups excluding carboxylic acids is 2. The van der Waals surface area contributed by atoms with Gasteiger partial charge in [0.25, 0.3) is 0 Å². The Kier molecular flexibility index (Phi) is 8.16. The van der Waals surface area contributed by atoms with E-state index in [0.717, 1.165) is 42.3 Å². The highest BCUT2D eigenvalue weighted by atomic mass is 19.4. The van der Waals surface area contributed by atoms with Crippen molar-refractivity contribution >= 4 is 12.0 Å². The lowest BCUT2D eigenvalue weighted by Gasteiger charge is -2.39. The number of hydrogen-bond acceptors (Lipinski definition) is 5. The van der Waals surface area contributed by atoms with Gasteiger partial charge in [-0.1, -0.05) is 36.8 Å². The minimum absolute atomic E-state index is 0.0245. The van der Waals surface area contributed by atoms with Gasteiger partial charge in [0.1, 0.15) is 17.8 Å². The van der Waals surface area contributed by atoms with Crippen LogP contribution in [0.15, 0.2) is 65.8 Å². The molecule has 240 valence electrons. The number of allylic oxidation sites excluding steroid dienone is 3. The van der Waals surface area contributed by atoms with E-state index in [4.69, 9.17) is 4.74 Å². The summed E-state index contributed by atoms with van der Waals surface area (Å²) >= 11 is 0. The van der Waals surface area contributed by atoms with Crippen LogP contribution in [-0.4, -0.2) is 61.4 Å². The number of carbonyl (C=O) groups is 2. The number of benzene rings is 1. The number of aryl methyl sites for hydroxylation is 1. The summed E-state index contributed by atoms with van der Waals surface area (Å²) in [6, 6.07) is 7.87. The molecule has 0 radical (unpaired) electrons. The van der Waals surface area contributed by atoms with Gasteiger partial charge in [0.2, 0.25) is 5.91 Å². The Balaban J connectivity index is 1.30. The molecule has 45 heavy (non-hydrogen) atoms. The zero-order chi connectivity index (χ0) is 32.1. The average Bonchev–Trinajstić information content (AvgIpc) is 3.38. The van der Waals surface area contributed by atoms with Crippen LogP contribution in [0.5, 0.6) is 0 Å². The summed E-state index contributed by atoms with van der Waals surface area (Å²) in [7, 11) is 1.92. The summed E-state index contributed by atoms with van der Waals surface area (Å²) in [6.07, 6.45) is 5.50. The van der Waals surface area contributed by atoms with E-state index in [1.165, 1.54) is 11.0 Å². The van der Waals surface area contributed by atoms with Gasteiger partial charge in [0.15, 0.2) is 0 Å². The van der Waals surface area contributed by atoms with E-state index in [0.29, 0.717) is 30.9 Å². The van der Waals surface area contributed by atoms with Crippen molar-refractivity contribution < 1.29 is 27.5 Å². The van der Waals surface area contributed by atoms with E-state index < -0.39 is 35.3 Å². The van der Waals surface area contributed by atoms with Crippen molar-refractivity contribution in [1.29, 1.82) is 0 Å². The minimum Gasteiger partial charge on any atom is -0.444 e. The molecule has 0 N–H and O–H groups in total. The molecule has 1 saturated carbocycles. The van der Waals surface area contributed by atoms with Gasteiger partial charge in [-0.25, -0.2) is 4.79 Å². The highest BCUT2D eigenvalue weighted by Gasteiger charge is 2.45. The maximum Gasteiger partial charge on any atom is 0.418 e. The third-order valence-electron chi connectivity index (χ3n) is 9.37. The van der Waals surface area contributed by atoms with Crippen LogP contribution in [0, 0.1) is 11.8 Å². The van der Waals surface area contributed by atoms with Crippen LogP contribution in [0.1, 0.15) is 88.1 Å². The second-order valence-electron chi connectivity index (χ2n) is 13.7. The summed E-state index contributed by atoms with van der Waals surface area (Å²) in [5.74, 6) is -0.0849. The molecule has 4 aliphatic rings. The van der Waals surface area contributed by atoms with E-state index in [-0.39, 0.29) is 30.5 Å². The molecule has 2 fully saturated rings. The maximum atomic E-state index is 14.4. The molecule has 11 heteroatoms. The fraction of sp³-hybridized carbons (Fsp3) is 0.529. The zero-order valence-electron chi connectivity index (χ0n) is 26.2. The quantitative estimate of drug-likeness (QED) is 0.359. The van der Waals surface area contributed by atoms with Crippen LogP contribution in [0.25, 0.3) is 0 Å². The molecule has 6 rings (SSSR count). The summed E-state index contributed by atoms with van der Waals surface area (Å²) < 4.78 is 50.8. The summed E-state index contributed by atoms with van der Waals surface area (Å²) in [6.45, 7) is 6.02. The number of alkyl halides is 3. The van der Waals surface area contributed by atoms with Crippen molar-refractivity contribution in [2.45, 2.75) is 82.9 Å². The molecule has 3 aliphatic heterocycles. The fourth-order valence-electron chi connectivity index (χ4n) is 6.93. The summed E-state index contributed by atoms with van der Waals surface area (Å²) in [5, 5.41) is 8.49. The SMILES string of the molecule is Cn1cnnc1[C@@H](c1cccc([C@H]2CC=C3C(C(F)(F)F)=CC(C4CCCN(C(=O)OC(C)(C)C)C4)=CN3C2=O)c1)C1CCC1. The molecule has 0 bridgehead atoms. The van der Waals surface area contributed by atoms with Crippen LogP contribution in [0.3, 0.4) is 0 Å². The Morgan fingerprint density at radius 1 is 1.11 bits per heavy atom. The van der Waals surface area contributed by atoms with Crippen LogP contribution in [-0.2, 0) is 16.6 Å². The topological polar surface area (TPSA) is 80.6 Å². The van der Waals surface area contributed by atoms with Crippen LogP contribution >= 0.6 is 0 Å². The van der Waals surface area contributed by atoms with Gasteiger partial charge in [-0.05, 0) is 81.6 Å². The normalized spacial score (nSPS) is 23.4. The molecule has 3 atom stereocenters. The van der Waals surface area contributed by atoms with Gasteiger partial charge in [0, 0.05) is 38.2 Å². The predicted molar refractivity (Wildman–Crippen MR) is 162 cm³/mol. The smallest absolute Gasteiger partial charge is 0.418 e. The monoisotopic (exact) mass is 623 g/mol. The highest BCUT2D eigenvalue weighted by Crippen LogP contribution is 2.46. The van der Waals surface area contributed by atoms with E-state index >= 15 is 0 Å². The predicted octanol–water partition coefficient (Wildman–Crippen LogP) is 6.98. The molecule has 1 aromatic carbocycles. The number of halogens is 3. The number of aromatic nitrogens is 3. The van der Waals surface area contributed by atoms with Crippen molar-refractivity contribution in [3.8, 4) is 0 Å². The first kappa shape index (κ1) is 31.1. The molecular weight excluding hydrogens is 583 g/mol. The number of piperidine rings is 1. The Hall–Kier alpha value is -3.89. The lowest BCUT2D eigenvalue weighted by atomic mass is 9.72. The molecule has 1 aliphatic carbocycles. The summed E-state index contributed by atoms with van der Waals surface area (Å²) in [4.78, 5) is 29.6. The van der Waals surface area contributed by atoms with Gasteiger partial charge in [-0.2, -0.15) is 13.2 Å². The molecule has 2 aromatic rings. The van der Waals surface area contributed by atoms with Crippen molar-refractivity contribution in [3.63, 3.8) is 0 Å². The van der Waals surface area contributed by atoms with E-state index in [9.17, 15) is 22.8 Å². The number of ether oxygens (including phenoxy) is 1. The van der Waals surface area contributed by atoms with Crippen LogP contribution in [0.4, 0.5) is 18.0 Å². The van der Waals surface area contributed by atoms with Crippen LogP contribution < -0.4 is 0 Å². The Bertz CT molecular complexity index is 1560. The molecule has 1 aromatic heterocycles. The minimum atomic E-state index is -4.65. The molecule has 2 amide bonds. The highest BCUT2D eigenvalue weighted by molar-refractivity contribution is 5.89. The van der Waals surface area contributed by atoms with E-state index in [1.54, 1.807) is 38.2 Å². The molecule has 4 heterocycles. The van der Waals surface area contributed by atoms with Crippen molar-refractivity contribution in [2.24, 2.45) is 18.9 Å². The number of likely N-dealkylation sites (tertiary alicyclic amines) is 1. The Labute approximate surface area is 261 Å². The number of rotatable bonds is 5. The largest absolute Gasteiger partial charge is 0.444 e. The Morgan fingerprint density at radius 2 is 1.89 bits per heavy atom. The van der Waals surface area contributed by atoms with Gasteiger partial charge in [-0.3, -0.25) is 9.69 Å². The van der Waals surface area contributed by atoms with Crippen molar-refractivity contribution in [1.82, 2.24) is 24.6 Å². The number of amides is 2. The van der Waals surface area contributed by atoms with Gasteiger partial charge in [0.05, 0.1) is 17.2 Å². The van der Waals surface area contributed by atoms with Gasteiger partial charge >= 0.3 is 12.3 Å². The lowest BCUT2D eigenvalue weighted by Crippen LogP contribution is -2.44. The van der Waals surface area contributed by atoms with Crippen molar-refractivity contribution in [2.75, 3.05) is 13.1 Å². The first-order chi connectivity index (χ1) is 21.3. The number of fused-ring (bicyclic) bond motifs is 1. The molecule has 1 unspecified atom stereocenters. The van der Waals surface area contributed by atoms with E-state index in [2.05, 4.69) is 10.2 Å². The Morgan fingerprint density at radius 3 is 2.53 bits per heavy atom. The lowest BCUT2D eigenvalue weighted by molar-refractivity contribution is -0.130. The number of nitrogens with zero attached hydrogens (tertiary/aromatic N) is 5. The maximum absolute atomic E-state index is 14.4. The zero-order valence-corrected chi connectivity index (χ0v) is 26.2. The first-order valence-electron chi connectivity index (χ1n) is 15.8.